The molecule has 3 heteroatoms. The summed E-state index contributed by atoms with van der Waals surface area (Å²) in [7, 11) is 0. The van der Waals surface area contributed by atoms with E-state index in [-0.39, 0.29) is 29.0 Å². The summed E-state index contributed by atoms with van der Waals surface area (Å²) in [5.74, 6) is 1.77. The third kappa shape index (κ3) is 1.34. The lowest BCUT2D eigenvalue weighted by molar-refractivity contribution is -0.227. The molecule has 7 aliphatic rings. The average molecular weight is 344 g/mol. The van der Waals surface area contributed by atoms with Crippen molar-refractivity contribution >= 4 is 0 Å². The largest absolute Gasteiger partial charge is 0.392 e. The normalized spacial score (nSPS) is 64.6. The third-order valence-electron chi connectivity index (χ3n) is 10.5. The molecule has 3 nitrogen and oxygen atoms in total. The number of rotatable bonds is 1. The topological polar surface area (TPSA) is 43.7 Å². The molecule has 7 bridgehead atoms. The Bertz CT molecular complexity index is 662. The minimum absolute atomic E-state index is 0.0809. The maximum atomic E-state index is 11.5. The van der Waals surface area contributed by atoms with Crippen molar-refractivity contribution in [2.24, 2.45) is 39.9 Å². The Kier molecular flexibility index (Phi) is 2.73. The van der Waals surface area contributed by atoms with E-state index in [0.717, 1.165) is 30.9 Å². The van der Waals surface area contributed by atoms with Crippen LogP contribution in [0.5, 0.6) is 0 Å². The summed E-state index contributed by atoms with van der Waals surface area (Å²) in [6.07, 6.45) is 6.75. The van der Waals surface area contributed by atoms with E-state index in [1.807, 2.05) is 0 Å². The molecule has 6 aliphatic carbocycles. The highest BCUT2D eigenvalue weighted by atomic mass is 16.3. The van der Waals surface area contributed by atoms with Crippen molar-refractivity contribution in [3.8, 4) is 0 Å². The van der Waals surface area contributed by atoms with Gasteiger partial charge in [-0.25, -0.2) is 0 Å². The van der Waals surface area contributed by atoms with Crippen LogP contribution in [-0.4, -0.2) is 46.5 Å². The van der Waals surface area contributed by atoms with E-state index < -0.39 is 0 Å². The van der Waals surface area contributed by atoms with Crippen LogP contribution in [0, 0.1) is 39.9 Å². The molecule has 4 unspecified atom stereocenters. The lowest BCUT2D eigenvalue weighted by Gasteiger charge is -2.68. The van der Waals surface area contributed by atoms with Crippen molar-refractivity contribution in [3.05, 3.63) is 12.2 Å². The predicted molar refractivity (Wildman–Crippen MR) is 96.8 cm³/mol. The maximum absolute atomic E-state index is 11.5. The third-order valence-corrected chi connectivity index (χ3v) is 10.5. The van der Waals surface area contributed by atoms with Crippen LogP contribution >= 0.6 is 0 Å². The molecule has 0 aromatic rings. The minimum Gasteiger partial charge on any atom is -0.392 e. The zero-order valence-corrected chi connectivity index (χ0v) is 15.7. The molecular formula is C22H33NO2. The number of aliphatic hydroxyl groups excluding tert-OH is 2. The van der Waals surface area contributed by atoms with Gasteiger partial charge in [0, 0.05) is 29.8 Å². The maximum Gasteiger partial charge on any atom is 0.0814 e. The van der Waals surface area contributed by atoms with E-state index in [0.29, 0.717) is 23.3 Å². The molecule has 1 saturated heterocycles. The highest BCUT2D eigenvalue weighted by Crippen LogP contribution is 2.83. The summed E-state index contributed by atoms with van der Waals surface area (Å²) in [5, 5.41) is 22.9. The minimum atomic E-state index is -0.377. The molecule has 0 aromatic carbocycles. The van der Waals surface area contributed by atoms with Gasteiger partial charge in [-0.1, -0.05) is 26.8 Å². The Labute approximate surface area is 151 Å². The van der Waals surface area contributed by atoms with Gasteiger partial charge >= 0.3 is 0 Å². The molecule has 138 valence electrons. The number of aliphatic hydroxyl groups is 2. The monoisotopic (exact) mass is 343 g/mol. The first-order valence-corrected chi connectivity index (χ1v) is 10.7. The molecule has 1 heterocycles. The average Bonchev–Trinajstić information content (AvgIpc) is 2.99. The number of piperidine rings is 1. The molecular weight excluding hydrogens is 310 g/mol. The zero-order valence-electron chi connectivity index (χ0n) is 15.7. The van der Waals surface area contributed by atoms with Gasteiger partial charge in [0.2, 0.25) is 0 Å². The van der Waals surface area contributed by atoms with Crippen LogP contribution in [0.3, 0.4) is 0 Å². The molecule has 0 amide bonds. The molecule has 0 aromatic heterocycles. The van der Waals surface area contributed by atoms with Crippen LogP contribution in [0.4, 0.5) is 0 Å². The van der Waals surface area contributed by atoms with Gasteiger partial charge in [-0.15, -0.1) is 0 Å². The fourth-order valence-corrected chi connectivity index (χ4v) is 10.1. The first-order chi connectivity index (χ1) is 11.9. The van der Waals surface area contributed by atoms with Crippen molar-refractivity contribution in [1.82, 2.24) is 4.90 Å². The predicted octanol–water partition coefficient (Wildman–Crippen LogP) is 2.82. The molecule has 1 aliphatic heterocycles. The Balaban J connectivity index is 1.60. The number of hydrogen-bond donors (Lipinski definition) is 2. The van der Waals surface area contributed by atoms with E-state index in [1.54, 1.807) is 0 Å². The number of nitrogens with zero attached hydrogens (tertiary/aromatic N) is 1. The van der Waals surface area contributed by atoms with Crippen LogP contribution in [0.15, 0.2) is 12.2 Å². The fourth-order valence-electron chi connectivity index (χ4n) is 10.1. The van der Waals surface area contributed by atoms with E-state index in [2.05, 4.69) is 25.3 Å². The van der Waals surface area contributed by atoms with Crippen molar-refractivity contribution in [2.45, 2.75) is 70.6 Å². The Morgan fingerprint density at radius 1 is 1.20 bits per heavy atom. The molecule has 6 saturated carbocycles. The standard InChI is InChI=1S/C22H33NO2/c1-4-23-11-20(3)7-5-8-22-15(20)10-14(18(22)23)21-9-6-13(12(2)19(21)25)16(24)17(21)22/h13-19,24-25H,2,4-11H2,1,3H3/t13?,14?,15-,16+,17-,18-,19?,20+,21?,22+/m1/s1. The van der Waals surface area contributed by atoms with E-state index in [4.69, 9.17) is 0 Å². The number of likely N-dealkylation sites (tertiary alicyclic amines) is 1. The Hall–Kier alpha value is -0.380. The van der Waals surface area contributed by atoms with Crippen LogP contribution in [0.25, 0.3) is 0 Å². The first kappa shape index (κ1) is 15.7. The van der Waals surface area contributed by atoms with Crippen LogP contribution in [-0.2, 0) is 0 Å². The quantitative estimate of drug-likeness (QED) is 0.720. The summed E-state index contributed by atoms with van der Waals surface area (Å²) in [5.41, 5.74) is 1.54. The van der Waals surface area contributed by atoms with Crippen LogP contribution in [0.1, 0.15) is 52.4 Å². The van der Waals surface area contributed by atoms with Gasteiger partial charge < -0.3 is 10.2 Å². The molecule has 25 heavy (non-hydrogen) atoms. The number of hydrogen-bond acceptors (Lipinski definition) is 3. The summed E-state index contributed by atoms with van der Waals surface area (Å²) >= 11 is 0. The zero-order chi connectivity index (χ0) is 17.4. The second-order valence-corrected chi connectivity index (χ2v) is 10.7. The van der Waals surface area contributed by atoms with Crippen LogP contribution in [0.2, 0.25) is 0 Å². The second kappa shape index (κ2) is 4.36. The molecule has 10 atom stereocenters. The molecule has 2 spiro atoms. The number of fused-ring (bicyclic) bond motifs is 2. The Morgan fingerprint density at radius 2 is 2.00 bits per heavy atom. The van der Waals surface area contributed by atoms with Gasteiger partial charge in [0.15, 0.2) is 0 Å². The Morgan fingerprint density at radius 3 is 2.76 bits per heavy atom. The summed E-state index contributed by atoms with van der Waals surface area (Å²) < 4.78 is 0. The van der Waals surface area contributed by atoms with E-state index >= 15 is 0 Å². The van der Waals surface area contributed by atoms with Crippen molar-refractivity contribution in [1.29, 1.82) is 0 Å². The van der Waals surface area contributed by atoms with Gasteiger partial charge in [-0.3, -0.25) is 4.90 Å². The molecule has 0 radical (unpaired) electrons. The van der Waals surface area contributed by atoms with Crippen molar-refractivity contribution in [3.63, 3.8) is 0 Å². The lowest BCUT2D eigenvalue weighted by atomic mass is 9.39. The molecule has 7 fully saturated rings. The van der Waals surface area contributed by atoms with Gasteiger partial charge in [-0.05, 0) is 66.9 Å². The second-order valence-electron chi connectivity index (χ2n) is 10.7. The molecule has 7 rings (SSSR count). The van der Waals surface area contributed by atoms with Gasteiger partial charge in [0.25, 0.3) is 0 Å². The van der Waals surface area contributed by atoms with Crippen molar-refractivity contribution < 1.29 is 10.2 Å². The highest BCUT2D eigenvalue weighted by Gasteiger charge is 2.84. The SMILES string of the molecule is C=C1C2CCC3(C1O)C1C[C@@H]4[C@@]5(C)CCC[C@]4([C@@H]3[C@H]2O)[C@@H]1N(CC)C5. The van der Waals surface area contributed by atoms with Gasteiger partial charge in [-0.2, -0.15) is 0 Å². The highest BCUT2D eigenvalue weighted by molar-refractivity contribution is 5.38. The summed E-state index contributed by atoms with van der Waals surface area (Å²) in [4.78, 5) is 2.77. The van der Waals surface area contributed by atoms with Crippen LogP contribution < -0.4 is 0 Å². The van der Waals surface area contributed by atoms with Crippen molar-refractivity contribution in [2.75, 3.05) is 13.1 Å². The lowest BCUT2D eigenvalue weighted by Crippen LogP contribution is -2.69. The van der Waals surface area contributed by atoms with Gasteiger partial charge in [0.05, 0.1) is 12.2 Å². The smallest absolute Gasteiger partial charge is 0.0814 e. The summed E-state index contributed by atoms with van der Waals surface area (Å²) in [6, 6.07) is 0.592. The molecule has 2 N–H and O–H groups in total. The van der Waals surface area contributed by atoms with E-state index in [1.165, 1.54) is 32.2 Å². The first-order valence-electron chi connectivity index (χ1n) is 10.7. The summed E-state index contributed by atoms with van der Waals surface area (Å²) in [6.45, 7) is 11.5. The van der Waals surface area contributed by atoms with Gasteiger partial charge in [0.1, 0.15) is 0 Å². The van der Waals surface area contributed by atoms with E-state index in [9.17, 15) is 10.2 Å². The fraction of sp³-hybridized carbons (Fsp3) is 0.909.